The molecule has 0 radical (unpaired) electrons. The molecule has 9 heteroatoms. The first kappa shape index (κ1) is 21.2. The minimum atomic E-state index is 0.0622. The number of hydrogen-bond acceptors (Lipinski definition) is 9. The molecule has 2 aromatic heterocycles. The summed E-state index contributed by atoms with van der Waals surface area (Å²) >= 11 is 0. The highest BCUT2D eigenvalue weighted by Gasteiger charge is 2.51. The number of hydrogen-bond donors (Lipinski definition) is 2. The van der Waals surface area contributed by atoms with Gasteiger partial charge in [-0.05, 0) is 68.4 Å². The lowest BCUT2D eigenvalue weighted by Gasteiger charge is -2.57. The van der Waals surface area contributed by atoms with Crippen molar-refractivity contribution in [2.24, 2.45) is 17.8 Å². The van der Waals surface area contributed by atoms with Crippen molar-refractivity contribution in [3.63, 3.8) is 0 Å². The van der Waals surface area contributed by atoms with Crippen LogP contribution in [-0.2, 0) is 0 Å². The molecule has 178 valence electrons. The molecular formula is C25H30N6O3. The summed E-state index contributed by atoms with van der Waals surface area (Å²) in [5.74, 6) is 4.95. The molecule has 1 aromatic carbocycles. The molecule has 9 nitrogen and oxygen atoms in total. The second-order valence-electron chi connectivity index (χ2n) is 10.1. The molecule has 0 atom stereocenters. The molecule has 3 aromatic rings. The van der Waals surface area contributed by atoms with Crippen molar-refractivity contribution in [1.82, 2.24) is 19.9 Å². The number of nitrogens with zero attached hydrogens (tertiary/aromatic N) is 4. The number of methoxy groups -OCH3 is 3. The number of anilines is 2. The second kappa shape index (κ2) is 7.85. The van der Waals surface area contributed by atoms with Gasteiger partial charge in [-0.1, -0.05) is 0 Å². The first-order valence-corrected chi connectivity index (χ1v) is 11.9. The molecule has 4 saturated carbocycles. The smallest absolute Gasteiger partial charge is 0.224 e. The second-order valence-corrected chi connectivity index (χ2v) is 10.1. The van der Waals surface area contributed by atoms with Crippen LogP contribution in [0.4, 0.5) is 11.8 Å². The SMILES string of the molecule is COc1cc(-c2cnc3nc(N)nc(NC45CC6CC(CC(C6)C4)C5)c3n2)cc(OC)c1OC. The molecule has 7 rings (SSSR count). The van der Waals surface area contributed by atoms with Gasteiger partial charge in [-0.15, -0.1) is 0 Å². The van der Waals surface area contributed by atoms with Gasteiger partial charge in [-0.2, -0.15) is 9.97 Å². The number of fused-ring (bicyclic) bond motifs is 1. The van der Waals surface area contributed by atoms with Gasteiger partial charge in [0.25, 0.3) is 0 Å². The first-order chi connectivity index (χ1) is 16.5. The van der Waals surface area contributed by atoms with Gasteiger partial charge in [0.15, 0.2) is 28.5 Å². The van der Waals surface area contributed by atoms with Crippen LogP contribution in [0.25, 0.3) is 22.4 Å². The highest BCUT2D eigenvalue weighted by molar-refractivity contribution is 5.85. The minimum absolute atomic E-state index is 0.0622. The molecule has 4 aliphatic rings. The Kier molecular flexibility index (Phi) is 4.89. The van der Waals surface area contributed by atoms with Crippen molar-refractivity contribution in [3.8, 4) is 28.5 Å². The summed E-state index contributed by atoms with van der Waals surface area (Å²) in [7, 11) is 4.77. The predicted molar refractivity (Wildman–Crippen MR) is 129 cm³/mol. The van der Waals surface area contributed by atoms with E-state index < -0.39 is 0 Å². The van der Waals surface area contributed by atoms with Gasteiger partial charge in [-0.3, -0.25) is 0 Å². The topological polar surface area (TPSA) is 117 Å². The van der Waals surface area contributed by atoms with Gasteiger partial charge in [0.2, 0.25) is 11.7 Å². The van der Waals surface area contributed by atoms with Crippen molar-refractivity contribution >= 4 is 22.9 Å². The Morgan fingerprint density at radius 3 is 2.06 bits per heavy atom. The number of aromatic nitrogens is 4. The number of benzene rings is 1. The Hall–Kier alpha value is -3.36. The summed E-state index contributed by atoms with van der Waals surface area (Å²) in [6, 6.07) is 3.73. The van der Waals surface area contributed by atoms with Crippen molar-refractivity contribution in [2.75, 3.05) is 32.4 Å². The van der Waals surface area contributed by atoms with Gasteiger partial charge in [0.1, 0.15) is 0 Å². The van der Waals surface area contributed by atoms with Crippen LogP contribution in [-0.4, -0.2) is 46.8 Å². The molecule has 34 heavy (non-hydrogen) atoms. The van der Waals surface area contributed by atoms with Crippen molar-refractivity contribution in [3.05, 3.63) is 18.3 Å². The van der Waals surface area contributed by atoms with E-state index in [0.717, 1.165) is 23.3 Å². The van der Waals surface area contributed by atoms with Crippen LogP contribution >= 0.6 is 0 Å². The lowest BCUT2D eigenvalue weighted by Crippen LogP contribution is -2.55. The van der Waals surface area contributed by atoms with Crippen LogP contribution in [0.2, 0.25) is 0 Å². The van der Waals surface area contributed by atoms with Gasteiger partial charge in [-0.25, -0.2) is 9.97 Å². The zero-order valence-corrected chi connectivity index (χ0v) is 19.8. The van der Waals surface area contributed by atoms with Crippen molar-refractivity contribution < 1.29 is 14.2 Å². The van der Waals surface area contributed by atoms with E-state index in [1.807, 2.05) is 12.1 Å². The fourth-order valence-electron chi connectivity index (χ4n) is 6.89. The van der Waals surface area contributed by atoms with Crippen LogP contribution in [0.5, 0.6) is 17.2 Å². The zero-order chi connectivity index (χ0) is 23.4. The van der Waals surface area contributed by atoms with Gasteiger partial charge in [0.05, 0.1) is 33.2 Å². The van der Waals surface area contributed by atoms with E-state index in [1.165, 1.54) is 38.5 Å². The van der Waals surface area contributed by atoms with Crippen molar-refractivity contribution in [1.29, 1.82) is 0 Å². The number of nitrogen functional groups attached to an aromatic ring is 1. The molecule has 2 heterocycles. The predicted octanol–water partition coefficient (Wildman–Crippen LogP) is 4.08. The number of rotatable bonds is 6. The molecule has 0 unspecified atom stereocenters. The lowest BCUT2D eigenvalue weighted by atomic mass is 9.53. The Bertz CT molecular complexity index is 1200. The average Bonchev–Trinajstić information content (AvgIpc) is 2.81. The number of nitrogens with two attached hydrogens (primary N) is 1. The number of nitrogens with one attached hydrogen (secondary N) is 1. The van der Waals surface area contributed by atoms with Gasteiger partial charge < -0.3 is 25.3 Å². The van der Waals surface area contributed by atoms with E-state index in [0.29, 0.717) is 39.9 Å². The van der Waals surface area contributed by atoms with E-state index in [4.69, 9.17) is 24.9 Å². The fraction of sp³-hybridized carbons (Fsp3) is 0.520. The average molecular weight is 463 g/mol. The van der Waals surface area contributed by atoms with Crippen LogP contribution < -0.4 is 25.3 Å². The van der Waals surface area contributed by atoms with E-state index >= 15 is 0 Å². The van der Waals surface area contributed by atoms with Gasteiger partial charge >= 0.3 is 0 Å². The Morgan fingerprint density at radius 2 is 1.50 bits per heavy atom. The summed E-state index contributed by atoms with van der Waals surface area (Å²) in [5, 5.41) is 3.81. The Balaban J connectivity index is 1.43. The molecule has 0 spiro atoms. The standard InChI is InChI=1S/C25H30N6O3/c1-32-18-7-16(8-19(33-2)21(18)34-3)17-12-27-22-20(28-17)23(30-24(26)29-22)31-25-9-13-4-14(10-25)6-15(5-13)11-25/h7-8,12-15H,4-6,9-11H2,1-3H3,(H3,26,27,29,30,31). The van der Waals surface area contributed by atoms with E-state index in [2.05, 4.69) is 20.3 Å². The minimum Gasteiger partial charge on any atom is -0.493 e. The Labute approximate surface area is 198 Å². The third-order valence-electron chi connectivity index (χ3n) is 7.81. The quantitative estimate of drug-likeness (QED) is 0.559. The highest BCUT2D eigenvalue weighted by atomic mass is 16.5. The summed E-state index contributed by atoms with van der Waals surface area (Å²) < 4.78 is 16.5. The molecule has 0 aliphatic heterocycles. The van der Waals surface area contributed by atoms with E-state index in [-0.39, 0.29) is 11.5 Å². The molecular weight excluding hydrogens is 432 g/mol. The first-order valence-electron chi connectivity index (χ1n) is 11.9. The molecule has 4 aliphatic carbocycles. The third-order valence-corrected chi connectivity index (χ3v) is 7.81. The maximum absolute atomic E-state index is 6.07. The van der Waals surface area contributed by atoms with Gasteiger partial charge in [0, 0.05) is 11.1 Å². The maximum Gasteiger partial charge on any atom is 0.224 e. The van der Waals surface area contributed by atoms with Crippen LogP contribution in [0.15, 0.2) is 18.3 Å². The molecule has 0 saturated heterocycles. The third kappa shape index (κ3) is 3.45. The summed E-state index contributed by atoms with van der Waals surface area (Å²) in [4.78, 5) is 18.4. The molecule has 4 fully saturated rings. The normalized spacial score (nSPS) is 27.1. The summed E-state index contributed by atoms with van der Waals surface area (Å²) in [6.45, 7) is 0. The molecule has 4 bridgehead atoms. The lowest BCUT2D eigenvalue weighted by molar-refractivity contribution is 0.0106. The zero-order valence-electron chi connectivity index (χ0n) is 19.8. The number of ether oxygens (including phenoxy) is 3. The van der Waals surface area contributed by atoms with Crippen LogP contribution in [0, 0.1) is 17.8 Å². The van der Waals surface area contributed by atoms with Crippen LogP contribution in [0.3, 0.4) is 0 Å². The molecule has 0 amide bonds. The Morgan fingerprint density at radius 1 is 0.882 bits per heavy atom. The highest BCUT2D eigenvalue weighted by Crippen LogP contribution is 2.56. The van der Waals surface area contributed by atoms with Crippen LogP contribution in [0.1, 0.15) is 38.5 Å². The molecule has 3 N–H and O–H groups in total. The fourth-order valence-corrected chi connectivity index (χ4v) is 6.89. The summed E-state index contributed by atoms with van der Waals surface area (Å²) in [5.41, 5.74) is 8.69. The summed E-state index contributed by atoms with van der Waals surface area (Å²) in [6.07, 6.45) is 9.36. The van der Waals surface area contributed by atoms with E-state index in [9.17, 15) is 0 Å². The monoisotopic (exact) mass is 462 g/mol. The van der Waals surface area contributed by atoms with E-state index in [1.54, 1.807) is 27.5 Å². The largest absolute Gasteiger partial charge is 0.493 e. The van der Waals surface area contributed by atoms with Crippen molar-refractivity contribution in [2.45, 2.75) is 44.1 Å². The maximum atomic E-state index is 6.07.